The first-order valence-electron chi connectivity index (χ1n) is 12.0. The van der Waals surface area contributed by atoms with Crippen molar-refractivity contribution in [1.82, 2.24) is 0 Å². The van der Waals surface area contributed by atoms with E-state index in [9.17, 15) is 5.11 Å². The summed E-state index contributed by atoms with van der Waals surface area (Å²) in [5, 5.41) is 17.9. The van der Waals surface area contributed by atoms with Gasteiger partial charge in [0.2, 0.25) is 6.29 Å². The van der Waals surface area contributed by atoms with E-state index in [2.05, 4.69) is 0 Å². The Labute approximate surface area is 208 Å². The van der Waals surface area contributed by atoms with Crippen LogP contribution in [-0.4, -0.2) is 129 Å². The first kappa shape index (κ1) is 31.6. The maximum Gasteiger partial charge on any atom is 0.223 e. The Hall–Kier alpha value is -1.38. The van der Waals surface area contributed by atoms with Crippen LogP contribution >= 0.6 is 0 Å². The second-order valence-electron chi connectivity index (χ2n) is 6.92. The number of hydrogen-bond acceptors (Lipinski definition) is 11. The summed E-state index contributed by atoms with van der Waals surface area (Å²) >= 11 is 0. The van der Waals surface area contributed by atoms with E-state index in [1.165, 1.54) is 0 Å². The van der Waals surface area contributed by atoms with Gasteiger partial charge in [0.1, 0.15) is 12.4 Å². The third-order valence-electron chi connectivity index (χ3n) is 4.16. The molecule has 0 aromatic heterocycles. The smallest absolute Gasteiger partial charge is 0.223 e. The topological polar surface area (TPSA) is 124 Å². The number of aliphatic hydroxyl groups excluding tert-OH is 2. The number of para-hydroxylation sites is 1. The molecule has 11 nitrogen and oxygen atoms in total. The van der Waals surface area contributed by atoms with Gasteiger partial charge in [-0.2, -0.15) is 0 Å². The Kier molecular flexibility index (Phi) is 23.2. The zero-order valence-corrected chi connectivity index (χ0v) is 20.6. The van der Waals surface area contributed by atoms with Crippen LogP contribution < -0.4 is 4.74 Å². The highest BCUT2D eigenvalue weighted by Crippen LogP contribution is 2.11. The van der Waals surface area contributed by atoms with Crippen molar-refractivity contribution >= 4 is 0 Å². The van der Waals surface area contributed by atoms with Gasteiger partial charge in [-0.3, -0.25) is 0 Å². The van der Waals surface area contributed by atoms with Gasteiger partial charge in [0, 0.05) is 0 Å². The number of hydrogen-bond donors (Lipinski definition) is 2. The SMILES string of the molecule is OCCOCCOCCOCCOCCOCCOCCOCCOC(CO)Oc1ccccc1. The Balaban J connectivity index is 1.72. The van der Waals surface area contributed by atoms with E-state index in [4.69, 9.17) is 47.7 Å². The van der Waals surface area contributed by atoms with Crippen molar-refractivity contribution in [3.05, 3.63) is 30.3 Å². The Bertz CT molecular complexity index is 535. The van der Waals surface area contributed by atoms with E-state index in [0.29, 0.717) is 105 Å². The molecule has 1 aromatic rings. The molecule has 1 rings (SSSR count). The fourth-order valence-electron chi connectivity index (χ4n) is 2.50. The molecule has 0 saturated heterocycles. The number of benzene rings is 1. The van der Waals surface area contributed by atoms with Gasteiger partial charge in [-0.15, -0.1) is 0 Å². The molecule has 0 bridgehead atoms. The van der Waals surface area contributed by atoms with Crippen LogP contribution in [0.15, 0.2) is 30.3 Å². The highest BCUT2D eigenvalue weighted by molar-refractivity contribution is 5.21. The van der Waals surface area contributed by atoms with Gasteiger partial charge in [-0.1, -0.05) is 18.2 Å². The van der Waals surface area contributed by atoms with Crippen LogP contribution in [0.4, 0.5) is 0 Å². The molecule has 1 unspecified atom stereocenters. The average Bonchev–Trinajstić information content (AvgIpc) is 2.89. The summed E-state index contributed by atoms with van der Waals surface area (Å²) in [5.41, 5.74) is 0. The molecule has 35 heavy (non-hydrogen) atoms. The molecule has 11 heteroatoms. The van der Waals surface area contributed by atoms with Crippen LogP contribution in [0.5, 0.6) is 5.75 Å². The van der Waals surface area contributed by atoms with Gasteiger partial charge in [0.25, 0.3) is 0 Å². The number of aliphatic hydroxyl groups is 2. The van der Waals surface area contributed by atoms with E-state index in [0.717, 1.165) is 0 Å². The molecule has 0 spiro atoms. The lowest BCUT2D eigenvalue weighted by Gasteiger charge is -2.17. The molecule has 0 radical (unpaired) electrons. The maximum atomic E-state index is 9.32. The molecule has 0 aliphatic carbocycles. The average molecular weight is 507 g/mol. The van der Waals surface area contributed by atoms with Crippen molar-refractivity contribution in [3.8, 4) is 5.75 Å². The Morgan fingerprint density at radius 1 is 0.486 bits per heavy atom. The summed E-state index contributed by atoms with van der Waals surface area (Å²) < 4.78 is 48.4. The number of ether oxygens (including phenoxy) is 9. The highest BCUT2D eigenvalue weighted by Gasteiger charge is 2.08. The van der Waals surface area contributed by atoms with Crippen LogP contribution in [0, 0.1) is 0 Å². The van der Waals surface area contributed by atoms with Gasteiger partial charge in [0.05, 0.1) is 106 Å². The van der Waals surface area contributed by atoms with Gasteiger partial charge in [0.15, 0.2) is 0 Å². The van der Waals surface area contributed by atoms with Crippen molar-refractivity contribution in [2.24, 2.45) is 0 Å². The fraction of sp³-hybridized carbons (Fsp3) is 0.750. The predicted octanol–water partition coefficient (Wildman–Crippen LogP) is 0.509. The molecule has 0 aliphatic rings. The summed E-state index contributed by atoms with van der Waals surface area (Å²) in [5.74, 6) is 0.638. The summed E-state index contributed by atoms with van der Waals surface area (Å²) in [6.45, 7) is 6.60. The Morgan fingerprint density at radius 2 is 0.857 bits per heavy atom. The summed E-state index contributed by atoms with van der Waals surface area (Å²) in [6.07, 6.45) is -0.722. The summed E-state index contributed by atoms with van der Waals surface area (Å²) in [6, 6.07) is 9.19. The molecule has 0 aliphatic heterocycles. The summed E-state index contributed by atoms with van der Waals surface area (Å²) in [7, 11) is 0. The summed E-state index contributed by atoms with van der Waals surface area (Å²) in [4.78, 5) is 0. The minimum absolute atomic E-state index is 0.0235. The zero-order chi connectivity index (χ0) is 25.1. The van der Waals surface area contributed by atoms with E-state index in [1.807, 2.05) is 18.2 Å². The van der Waals surface area contributed by atoms with Crippen LogP contribution in [0.1, 0.15) is 0 Å². The van der Waals surface area contributed by atoms with Crippen molar-refractivity contribution in [1.29, 1.82) is 0 Å². The second-order valence-corrected chi connectivity index (χ2v) is 6.92. The van der Waals surface area contributed by atoms with Gasteiger partial charge in [-0.25, -0.2) is 0 Å². The lowest BCUT2D eigenvalue weighted by molar-refractivity contribution is -0.119. The molecule has 1 atom stereocenters. The molecule has 0 amide bonds. The molecular formula is C24H42O11. The van der Waals surface area contributed by atoms with E-state index >= 15 is 0 Å². The van der Waals surface area contributed by atoms with Crippen LogP contribution in [-0.2, 0) is 37.9 Å². The first-order chi connectivity index (χ1) is 17.4. The highest BCUT2D eigenvalue weighted by atomic mass is 16.7. The Morgan fingerprint density at radius 3 is 1.23 bits per heavy atom. The quantitative estimate of drug-likeness (QED) is 0.128. The molecule has 2 N–H and O–H groups in total. The monoisotopic (exact) mass is 506 g/mol. The third kappa shape index (κ3) is 21.6. The van der Waals surface area contributed by atoms with Crippen molar-refractivity contribution in [3.63, 3.8) is 0 Å². The van der Waals surface area contributed by atoms with E-state index in [1.54, 1.807) is 12.1 Å². The molecular weight excluding hydrogens is 464 g/mol. The molecule has 1 aromatic carbocycles. The van der Waals surface area contributed by atoms with Crippen LogP contribution in [0.25, 0.3) is 0 Å². The lowest BCUT2D eigenvalue weighted by Crippen LogP contribution is -2.26. The van der Waals surface area contributed by atoms with Gasteiger partial charge in [-0.05, 0) is 12.1 Å². The fourth-order valence-corrected chi connectivity index (χ4v) is 2.50. The van der Waals surface area contributed by atoms with Crippen molar-refractivity contribution in [2.75, 3.05) is 112 Å². The lowest BCUT2D eigenvalue weighted by atomic mass is 10.3. The molecule has 0 heterocycles. The van der Waals surface area contributed by atoms with Gasteiger partial charge < -0.3 is 52.8 Å². The number of rotatable bonds is 27. The largest absolute Gasteiger partial charge is 0.462 e. The maximum absolute atomic E-state index is 9.32. The standard InChI is InChI=1S/C24H42O11/c25-6-7-27-8-9-28-10-11-29-12-13-30-14-15-31-16-17-32-18-19-33-20-21-34-24(22-26)35-23-4-2-1-3-5-23/h1-5,24-26H,6-22H2. The van der Waals surface area contributed by atoms with Crippen LogP contribution in [0.2, 0.25) is 0 Å². The normalized spacial score (nSPS) is 12.2. The second kappa shape index (κ2) is 25.7. The van der Waals surface area contributed by atoms with Crippen molar-refractivity contribution in [2.45, 2.75) is 6.29 Å². The molecule has 0 saturated carbocycles. The third-order valence-corrected chi connectivity index (χ3v) is 4.16. The van der Waals surface area contributed by atoms with Crippen molar-refractivity contribution < 1.29 is 52.8 Å². The minimum atomic E-state index is -0.722. The predicted molar refractivity (Wildman–Crippen MR) is 127 cm³/mol. The molecule has 204 valence electrons. The minimum Gasteiger partial charge on any atom is -0.462 e. The first-order valence-corrected chi connectivity index (χ1v) is 12.0. The molecule has 0 fully saturated rings. The van der Waals surface area contributed by atoms with E-state index in [-0.39, 0.29) is 13.2 Å². The zero-order valence-electron chi connectivity index (χ0n) is 20.6. The van der Waals surface area contributed by atoms with Gasteiger partial charge >= 0.3 is 0 Å². The van der Waals surface area contributed by atoms with Crippen LogP contribution in [0.3, 0.4) is 0 Å². The van der Waals surface area contributed by atoms with E-state index < -0.39 is 6.29 Å².